The van der Waals surface area contributed by atoms with Crippen molar-refractivity contribution < 1.29 is 17.9 Å². The van der Waals surface area contributed by atoms with Crippen molar-refractivity contribution in [2.45, 2.75) is 16.6 Å². The van der Waals surface area contributed by atoms with Crippen LogP contribution in [0.4, 0.5) is 5.13 Å². The molecule has 176 valence electrons. The van der Waals surface area contributed by atoms with Gasteiger partial charge in [-0.25, -0.2) is 13.4 Å². The predicted molar refractivity (Wildman–Crippen MR) is 135 cm³/mol. The van der Waals surface area contributed by atoms with Crippen LogP contribution in [0.5, 0.6) is 11.5 Å². The minimum atomic E-state index is -3.49. The maximum atomic E-state index is 13.0. The molecule has 0 spiro atoms. The zero-order valence-corrected chi connectivity index (χ0v) is 21.7. The lowest BCUT2D eigenvalue weighted by Crippen LogP contribution is -2.48. The smallest absolute Gasteiger partial charge is 0.243 e. The first-order valence-corrected chi connectivity index (χ1v) is 13.9. The van der Waals surface area contributed by atoms with Gasteiger partial charge in [0.05, 0.1) is 24.8 Å². The Morgan fingerprint density at radius 2 is 1.61 bits per heavy atom. The molecule has 0 unspecified atom stereocenters. The van der Waals surface area contributed by atoms with Crippen molar-refractivity contribution in [3.63, 3.8) is 0 Å². The molecule has 0 N–H and O–H groups in total. The fourth-order valence-corrected chi connectivity index (χ4v) is 6.39. The van der Waals surface area contributed by atoms with Gasteiger partial charge in [-0.1, -0.05) is 28.1 Å². The summed E-state index contributed by atoms with van der Waals surface area (Å²) in [4.78, 5) is 7.29. The van der Waals surface area contributed by atoms with E-state index in [1.54, 1.807) is 42.0 Å². The highest BCUT2D eigenvalue weighted by Gasteiger charge is 2.29. The van der Waals surface area contributed by atoms with Gasteiger partial charge in [0.15, 0.2) is 5.13 Å². The summed E-state index contributed by atoms with van der Waals surface area (Å²) in [7, 11) is -0.218. The molecule has 0 atom stereocenters. The molecule has 1 aliphatic heterocycles. The van der Waals surface area contributed by atoms with Crippen molar-refractivity contribution in [1.29, 1.82) is 0 Å². The van der Waals surface area contributed by atoms with Gasteiger partial charge < -0.3 is 14.4 Å². The predicted octanol–water partition coefficient (Wildman–Crippen LogP) is 4.16. The van der Waals surface area contributed by atoms with Crippen LogP contribution in [0.1, 0.15) is 16.8 Å². The second-order valence-corrected chi connectivity index (χ2v) is 11.0. The van der Waals surface area contributed by atoms with Gasteiger partial charge in [-0.3, -0.25) is 0 Å². The van der Waals surface area contributed by atoms with E-state index >= 15 is 0 Å². The van der Waals surface area contributed by atoms with Gasteiger partial charge in [-0.05, 0) is 35.4 Å². The van der Waals surface area contributed by atoms with Crippen molar-refractivity contribution in [1.82, 2.24) is 9.29 Å². The van der Waals surface area contributed by atoms with Crippen LogP contribution in [0.25, 0.3) is 0 Å². The number of nitrogens with zero attached hydrogens (tertiary/aromatic N) is 3. The summed E-state index contributed by atoms with van der Waals surface area (Å²) in [6, 6.07) is 12.8. The number of hydrogen-bond donors (Lipinski definition) is 0. The van der Waals surface area contributed by atoms with E-state index in [9.17, 15) is 8.42 Å². The first-order chi connectivity index (χ1) is 15.9. The number of benzene rings is 2. The van der Waals surface area contributed by atoms with Crippen molar-refractivity contribution in [3.05, 3.63) is 64.7 Å². The standard InChI is InChI=1S/C23H26BrN3O4S2/c1-30-20-12-18(13-21(14-20)31-2)11-19-16-32-23(25-19)26-7-9-27(10-8-26)33(28,29)22-5-3-17(15-24)4-6-22/h3-6,12-14,16H,7-11,15H2,1-2H3. The Kier molecular flexibility index (Phi) is 7.58. The molecule has 0 radical (unpaired) electrons. The third-order valence-corrected chi connectivity index (χ3v) is 9.07. The number of hydrogen-bond acceptors (Lipinski definition) is 7. The van der Waals surface area contributed by atoms with E-state index in [4.69, 9.17) is 14.5 Å². The molecule has 0 saturated carbocycles. The van der Waals surface area contributed by atoms with Crippen LogP contribution in [0.3, 0.4) is 0 Å². The maximum absolute atomic E-state index is 13.0. The van der Waals surface area contributed by atoms with Crippen LogP contribution in [-0.4, -0.2) is 58.1 Å². The molecule has 7 nitrogen and oxygen atoms in total. The van der Waals surface area contributed by atoms with Gasteiger partial charge in [-0.15, -0.1) is 11.3 Å². The summed E-state index contributed by atoms with van der Waals surface area (Å²) in [6.07, 6.45) is 0.669. The molecule has 0 amide bonds. The number of aromatic nitrogens is 1. The largest absolute Gasteiger partial charge is 0.497 e. The molecule has 0 aliphatic carbocycles. The Labute approximate surface area is 207 Å². The third kappa shape index (κ3) is 5.51. The summed E-state index contributed by atoms with van der Waals surface area (Å²) in [5, 5.41) is 3.67. The van der Waals surface area contributed by atoms with Crippen LogP contribution >= 0.6 is 27.3 Å². The van der Waals surface area contributed by atoms with Gasteiger partial charge >= 0.3 is 0 Å². The molecule has 33 heavy (non-hydrogen) atoms. The lowest BCUT2D eigenvalue weighted by Gasteiger charge is -2.33. The minimum Gasteiger partial charge on any atom is -0.497 e. The molecule has 2 aromatic carbocycles. The molecule has 0 bridgehead atoms. The lowest BCUT2D eigenvalue weighted by molar-refractivity contribution is 0.384. The van der Waals surface area contributed by atoms with Crippen LogP contribution < -0.4 is 14.4 Å². The Morgan fingerprint density at radius 3 is 2.18 bits per heavy atom. The van der Waals surface area contributed by atoms with Crippen LogP contribution in [-0.2, 0) is 21.8 Å². The number of sulfonamides is 1. The van der Waals surface area contributed by atoms with E-state index in [2.05, 4.69) is 26.2 Å². The van der Waals surface area contributed by atoms with E-state index in [1.807, 2.05) is 30.3 Å². The Morgan fingerprint density at radius 1 is 0.970 bits per heavy atom. The van der Waals surface area contributed by atoms with Gasteiger partial charge in [0, 0.05) is 49.4 Å². The number of anilines is 1. The maximum Gasteiger partial charge on any atom is 0.243 e. The van der Waals surface area contributed by atoms with Gasteiger partial charge in [0.25, 0.3) is 0 Å². The van der Waals surface area contributed by atoms with Crippen LogP contribution in [0.2, 0.25) is 0 Å². The van der Waals surface area contributed by atoms with Crippen molar-refractivity contribution >= 4 is 42.4 Å². The molecule has 4 rings (SSSR count). The van der Waals surface area contributed by atoms with E-state index in [1.165, 1.54) is 0 Å². The quantitative estimate of drug-likeness (QED) is 0.391. The highest BCUT2D eigenvalue weighted by atomic mass is 79.9. The first-order valence-electron chi connectivity index (χ1n) is 10.5. The average molecular weight is 553 g/mol. The Hall–Kier alpha value is -2.14. The van der Waals surface area contributed by atoms with E-state index < -0.39 is 10.0 Å². The topological polar surface area (TPSA) is 72.0 Å². The van der Waals surface area contributed by atoms with E-state index in [0.29, 0.717) is 42.8 Å². The zero-order valence-electron chi connectivity index (χ0n) is 18.5. The van der Waals surface area contributed by atoms with Gasteiger partial charge in [-0.2, -0.15) is 4.31 Å². The number of ether oxygens (including phenoxy) is 2. The molecular formula is C23H26BrN3O4S2. The highest BCUT2D eigenvalue weighted by Crippen LogP contribution is 2.28. The zero-order chi connectivity index (χ0) is 23.4. The molecule has 1 aliphatic rings. The lowest BCUT2D eigenvalue weighted by atomic mass is 10.1. The number of halogens is 1. The number of piperazine rings is 1. The average Bonchev–Trinajstić information content (AvgIpc) is 3.32. The second-order valence-electron chi connectivity index (χ2n) is 7.69. The van der Waals surface area contributed by atoms with E-state index in [0.717, 1.165) is 33.5 Å². The number of rotatable bonds is 8. The Balaban J connectivity index is 1.40. The monoisotopic (exact) mass is 551 g/mol. The third-order valence-electron chi connectivity index (χ3n) is 5.56. The summed E-state index contributed by atoms with van der Waals surface area (Å²) in [5.41, 5.74) is 3.07. The molecule has 3 aromatic rings. The summed E-state index contributed by atoms with van der Waals surface area (Å²) in [5.74, 6) is 1.50. The second kappa shape index (κ2) is 10.4. The van der Waals surface area contributed by atoms with Crippen molar-refractivity contribution in [3.8, 4) is 11.5 Å². The molecule has 1 fully saturated rings. The minimum absolute atomic E-state index is 0.339. The van der Waals surface area contributed by atoms with Crippen molar-refractivity contribution in [2.75, 3.05) is 45.3 Å². The fraction of sp³-hybridized carbons (Fsp3) is 0.348. The number of alkyl halides is 1. The fourth-order valence-electron chi connectivity index (χ4n) is 3.72. The summed E-state index contributed by atoms with van der Waals surface area (Å²) in [6.45, 7) is 2.09. The van der Waals surface area contributed by atoms with Crippen LogP contribution in [0.15, 0.2) is 52.7 Å². The van der Waals surface area contributed by atoms with Crippen LogP contribution in [0, 0.1) is 0 Å². The molecular weight excluding hydrogens is 526 g/mol. The molecule has 10 heteroatoms. The normalized spacial score (nSPS) is 14.9. The van der Waals surface area contributed by atoms with Gasteiger partial charge in [0.2, 0.25) is 10.0 Å². The number of methoxy groups -OCH3 is 2. The molecule has 2 heterocycles. The summed E-state index contributed by atoms with van der Waals surface area (Å²) < 4.78 is 38.3. The van der Waals surface area contributed by atoms with Gasteiger partial charge in [0.1, 0.15) is 11.5 Å². The SMILES string of the molecule is COc1cc(Cc2csc(N3CCN(S(=O)(=O)c4ccc(CBr)cc4)CC3)n2)cc(OC)c1. The first kappa shape index (κ1) is 24.0. The Bertz CT molecular complexity index is 1170. The number of thiazole rings is 1. The highest BCUT2D eigenvalue weighted by molar-refractivity contribution is 9.08. The van der Waals surface area contributed by atoms with E-state index in [-0.39, 0.29) is 0 Å². The molecule has 1 aromatic heterocycles. The molecule has 1 saturated heterocycles. The summed E-state index contributed by atoms with van der Waals surface area (Å²) >= 11 is 4.97. The van der Waals surface area contributed by atoms with Crippen molar-refractivity contribution in [2.24, 2.45) is 0 Å².